The minimum atomic E-state index is -3.33. The molecule has 5 nitrogen and oxygen atoms in total. The van der Waals surface area contributed by atoms with Crippen LogP contribution in [0.2, 0.25) is 0 Å². The van der Waals surface area contributed by atoms with Gasteiger partial charge in [-0.1, -0.05) is 48.5 Å². The summed E-state index contributed by atoms with van der Waals surface area (Å²) >= 11 is 0. The number of hydrogen-bond donors (Lipinski definition) is 1. The Morgan fingerprint density at radius 2 is 1.56 bits per heavy atom. The van der Waals surface area contributed by atoms with Crippen LogP contribution < -0.4 is 10.1 Å². The van der Waals surface area contributed by atoms with Gasteiger partial charge >= 0.3 is 0 Å². The van der Waals surface area contributed by atoms with Crippen molar-refractivity contribution in [1.29, 1.82) is 0 Å². The van der Waals surface area contributed by atoms with Crippen molar-refractivity contribution in [3.05, 3.63) is 78.9 Å². The largest absolute Gasteiger partial charge is 0.484 e. The summed E-state index contributed by atoms with van der Waals surface area (Å²) in [5, 5.41) is 2.63. The standard InChI is InChI=1S/C21H19NO4S/c1-27(24,25)20-9-5-8-18(14-20)22-21(23)15-26-19-12-10-17(11-13-19)16-6-3-2-4-7-16/h2-14H,15H2,1H3,(H,22,23). The Labute approximate surface area is 158 Å². The average molecular weight is 381 g/mol. The number of anilines is 1. The van der Waals surface area contributed by atoms with E-state index in [2.05, 4.69) is 5.32 Å². The van der Waals surface area contributed by atoms with E-state index in [0.29, 0.717) is 11.4 Å². The molecule has 0 unspecified atom stereocenters. The van der Waals surface area contributed by atoms with Gasteiger partial charge in [-0.15, -0.1) is 0 Å². The van der Waals surface area contributed by atoms with Crippen molar-refractivity contribution in [2.75, 3.05) is 18.2 Å². The number of rotatable bonds is 6. The van der Waals surface area contributed by atoms with Crippen LogP contribution in [0.25, 0.3) is 11.1 Å². The molecule has 0 saturated carbocycles. The summed E-state index contributed by atoms with van der Waals surface area (Å²) in [6.45, 7) is -0.173. The van der Waals surface area contributed by atoms with Gasteiger partial charge in [0.05, 0.1) is 4.90 Å². The molecule has 0 aromatic heterocycles. The monoisotopic (exact) mass is 381 g/mol. The Balaban J connectivity index is 1.58. The van der Waals surface area contributed by atoms with E-state index in [9.17, 15) is 13.2 Å². The van der Waals surface area contributed by atoms with Crippen LogP contribution in [0.3, 0.4) is 0 Å². The third kappa shape index (κ3) is 5.18. The second-order valence-electron chi connectivity index (χ2n) is 6.03. The molecule has 6 heteroatoms. The highest BCUT2D eigenvalue weighted by molar-refractivity contribution is 7.90. The molecule has 1 N–H and O–H groups in total. The van der Waals surface area contributed by atoms with Crippen LogP contribution in [0.15, 0.2) is 83.8 Å². The number of benzene rings is 3. The van der Waals surface area contributed by atoms with E-state index in [1.165, 1.54) is 12.1 Å². The van der Waals surface area contributed by atoms with E-state index in [1.54, 1.807) is 24.3 Å². The number of carbonyl (C=O) groups is 1. The maximum Gasteiger partial charge on any atom is 0.262 e. The average Bonchev–Trinajstić information content (AvgIpc) is 2.67. The van der Waals surface area contributed by atoms with Crippen molar-refractivity contribution >= 4 is 21.4 Å². The van der Waals surface area contributed by atoms with Crippen molar-refractivity contribution in [3.8, 4) is 16.9 Å². The molecule has 0 atom stereocenters. The lowest BCUT2D eigenvalue weighted by Gasteiger charge is -2.09. The van der Waals surface area contributed by atoms with Crippen LogP contribution in [0.5, 0.6) is 5.75 Å². The second kappa shape index (κ2) is 8.05. The van der Waals surface area contributed by atoms with Crippen LogP contribution >= 0.6 is 0 Å². The molecule has 0 saturated heterocycles. The van der Waals surface area contributed by atoms with Gasteiger partial charge in [0.15, 0.2) is 16.4 Å². The van der Waals surface area contributed by atoms with Gasteiger partial charge in [0.2, 0.25) is 0 Å². The quantitative estimate of drug-likeness (QED) is 0.705. The first-order valence-corrected chi connectivity index (χ1v) is 10.2. The smallest absolute Gasteiger partial charge is 0.262 e. The van der Waals surface area contributed by atoms with E-state index in [0.717, 1.165) is 17.4 Å². The predicted molar refractivity (Wildman–Crippen MR) is 106 cm³/mol. The Kier molecular flexibility index (Phi) is 5.57. The van der Waals surface area contributed by atoms with Crippen LogP contribution in [-0.2, 0) is 14.6 Å². The molecule has 3 rings (SSSR count). The Bertz CT molecular complexity index is 1030. The van der Waals surface area contributed by atoms with Crippen molar-refractivity contribution in [3.63, 3.8) is 0 Å². The van der Waals surface area contributed by atoms with Crippen LogP contribution in [0.1, 0.15) is 0 Å². The number of amides is 1. The van der Waals surface area contributed by atoms with Gasteiger partial charge < -0.3 is 10.1 Å². The zero-order valence-electron chi connectivity index (χ0n) is 14.8. The molecule has 0 radical (unpaired) electrons. The first kappa shape index (κ1) is 18.7. The molecule has 0 spiro atoms. The van der Waals surface area contributed by atoms with Gasteiger partial charge in [-0.2, -0.15) is 0 Å². The number of sulfone groups is 1. The van der Waals surface area contributed by atoms with E-state index in [1.807, 2.05) is 42.5 Å². The zero-order chi connectivity index (χ0) is 19.3. The molecule has 138 valence electrons. The van der Waals surface area contributed by atoms with Crippen molar-refractivity contribution in [2.45, 2.75) is 4.90 Å². The van der Waals surface area contributed by atoms with Gasteiger partial charge in [-0.3, -0.25) is 4.79 Å². The summed E-state index contributed by atoms with van der Waals surface area (Å²) < 4.78 is 28.6. The van der Waals surface area contributed by atoms with E-state index < -0.39 is 9.84 Å². The highest BCUT2D eigenvalue weighted by atomic mass is 32.2. The van der Waals surface area contributed by atoms with E-state index in [-0.39, 0.29) is 17.4 Å². The van der Waals surface area contributed by atoms with Crippen molar-refractivity contribution < 1.29 is 17.9 Å². The Hall–Kier alpha value is -3.12. The highest BCUT2D eigenvalue weighted by Crippen LogP contribution is 2.22. The van der Waals surface area contributed by atoms with Crippen LogP contribution in [0.4, 0.5) is 5.69 Å². The predicted octanol–water partition coefficient (Wildman–Crippen LogP) is 3.77. The summed E-state index contributed by atoms with van der Waals surface area (Å²) in [7, 11) is -3.33. The first-order chi connectivity index (χ1) is 12.9. The summed E-state index contributed by atoms with van der Waals surface area (Å²) in [4.78, 5) is 12.2. The number of hydrogen-bond acceptors (Lipinski definition) is 4. The maximum absolute atomic E-state index is 12.0. The van der Waals surface area contributed by atoms with Gasteiger partial charge in [0.1, 0.15) is 5.75 Å². The lowest BCUT2D eigenvalue weighted by molar-refractivity contribution is -0.118. The Morgan fingerprint density at radius 3 is 2.22 bits per heavy atom. The lowest BCUT2D eigenvalue weighted by atomic mass is 10.1. The molecule has 0 aliphatic heterocycles. The lowest BCUT2D eigenvalue weighted by Crippen LogP contribution is -2.20. The molecule has 0 fully saturated rings. The molecule has 27 heavy (non-hydrogen) atoms. The van der Waals surface area contributed by atoms with Crippen LogP contribution in [-0.4, -0.2) is 27.2 Å². The van der Waals surface area contributed by atoms with Gasteiger partial charge in [0.25, 0.3) is 5.91 Å². The number of nitrogens with one attached hydrogen (secondary N) is 1. The third-order valence-corrected chi connectivity index (χ3v) is 4.99. The minimum Gasteiger partial charge on any atom is -0.484 e. The van der Waals surface area contributed by atoms with Gasteiger partial charge in [0, 0.05) is 11.9 Å². The Morgan fingerprint density at radius 1 is 0.889 bits per heavy atom. The highest BCUT2D eigenvalue weighted by Gasteiger charge is 2.09. The summed E-state index contributed by atoms with van der Waals surface area (Å²) in [6.07, 6.45) is 1.12. The fraction of sp³-hybridized carbons (Fsp3) is 0.0952. The molecular weight excluding hydrogens is 362 g/mol. The third-order valence-electron chi connectivity index (χ3n) is 3.88. The zero-order valence-corrected chi connectivity index (χ0v) is 15.6. The number of ether oxygens (including phenoxy) is 1. The normalized spacial score (nSPS) is 11.0. The SMILES string of the molecule is CS(=O)(=O)c1cccc(NC(=O)COc2ccc(-c3ccccc3)cc2)c1. The van der Waals surface area contributed by atoms with Crippen molar-refractivity contribution in [1.82, 2.24) is 0 Å². The summed E-state index contributed by atoms with van der Waals surface area (Å²) in [6, 6.07) is 23.5. The molecule has 3 aromatic carbocycles. The van der Waals surface area contributed by atoms with Crippen LogP contribution in [0, 0.1) is 0 Å². The number of carbonyl (C=O) groups excluding carboxylic acids is 1. The fourth-order valence-corrected chi connectivity index (χ4v) is 3.19. The molecule has 3 aromatic rings. The molecule has 0 heterocycles. The first-order valence-electron chi connectivity index (χ1n) is 8.30. The second-order valence-corrected chi connectivity index (χ2v) is 8.04. The topological polar surface area (TPSA) is 72.5 Å². The molecular formula is C21H19NO4S. The maximum atomic E-state index is 12.0. The molecule has 0 bridgehead atoms. The fourth-order valence-electron chi connectivity index (χ4n) is 2.52. The van der Waals surface area contributed by atoms with E-state index in [4.69, 9.17) is 4.74 Å². The van der Waals surface area contributed by atoms with Gasteiger partial charge in [-0.05, 0) is 41.5 Å². The molecule has 1 amide bonds. The molecule has 0 aliphatic carbocycles. The van der Waals surface area contributed by atoms with Crippen molar-refractivity contribution in [2.24, 2.45) is 0 Å². The van der Waals surface area contributed by atoms with E-state index >= 15 is 0 Å². The molecule has 0 aliphatic rings. The van der Waals surface area contributed by atoms with Gasteiger partial charge in [-0.25, -0.2) is 8.42 Å². The minimum absolute atomic E-state index is 0.151. The summed E-state index contributed by atoms with van der Waals surface area (Å²) in [5.41, 5.74) is 2.57. The summed E-state index contributed by atoms with van der Waals surface area (Å²) in [5.74, 6) is 0.211.